The second-order valence-corrected chi connectivity index (χ2v) is 5.12. The maximum Gasteiger partial charge on any atom is 0.311 e. The van der Waals surface area contributed by atoms with Gasteiger partial charge in [-0.05, 0) is 24.3 Å². The fourth-order valence-electron chi connectivity index (χ4n) is 1.95. The summed E-state index contributed by atoms with van der Waals surface area (Å²) in [7, 11) is 3.72. The molecule has 1 amide bonds. The van der Waals surface area contributed by atoms with Crippen LogP contribution in [-0.2, 0) is 0 Å². The molecule has 0 aliphatic carbocycles. The monoisotopic (exact) mass is 328 g/mol. The fourth-order valence-corrected chi connectivity index (χ4v) is 1.95. The van der Waals surface area contributed by atoms with Crippen LogP contribution in [0.5, 0.6) is 5.75 Å². The van der Waals surface area contributed by atoms with Crippen molar-refractivity contribution in [2.45, 2.75) is 0 Å². The van der Waals surface area contributed by atoms with Gasteiger partial charge in [-0.15, -0.1) is 0 Å². The van der Waals surface area contributed by atoms with Gasteiger partial charge in [-0.3, -0.25) is 14.9 Å². The highest BCUT2D eigenvalue weighted by molar-refractivity contribution is 5.96. The number of amides is 1. The molecule has 0 aliphatic heterocycles. The number of benzene rings is 2. The van der Waals surface area contributed by atoms with Crippen LogP contribution in [0.2, 0.25) is 0 Å². The van der Waals surface area contributed by atoms with Crippen molar-refractivity contribution in [2.24, 2.45) is 5.10 Å². The molecule has 2 N–H and O–H groups in total. The SMILES string of the molecule is CN(C)c1cccc(C(=O)N/N=C\c2cccc([N+](=O)[O-])c2O)c1. The zero-order chi connectivity index (χ0) is 17.7. The van der Waals surface area contributed by atoms with Crippen LogP contribution in [0, 0.1) is 10.1 Å². The molecule has 2 rings (SSSR count). The largest absolute Gasteiger partial charge is 0.502 e. The molecule has 0 atom stereocenters. The molecule has 24 heavy (non-hydrogen) atoms. The van der Waals surface area contributed by atoms with E-state index in [0.717, 1.165) is 11.9 Å². The van der Waals surface area contributed by atoms with E-state index in [2.05, 4.69) is 10.5 Å². The lowest BCUT2D eigenvalue weighted by Gasteiger charge is -2.12. The van der Waals surface area contributed by atoms with Crippen LogP contribution in [0.4, 0.5) is 11.4 Å². The third-order valence-electron chi connectivity index (χ3n) is 3.24. The standard InChI is InChI=1S/C16H16N4O4/c1-19(2)13-7-3-5-11(9-13)16(22)18-17-10-12-6-4-8-14(15(12)21)20(23)24/h3-10,21H,1-2H3,(H,18,22)/b17-10-. The Morgan fingerprint density at radius 2 is 2.00 bits per heavy atom. The number of nitrogens with zero attached hydrogens (tertiary/aromatic N) is 3. The number of nitro benzene ring substituents is 1. The number of anilines is 1. The number of hydrogen-bond donors (Lipinski definition) is 2. The number of para-hydroxylation sites is 1. The smallest absolute Gasteiger partial charge is 0.311 e. The van der Waals surface area contributed by atoms with Gasteiger partial charge < -0.3 is 10.0 Å². The molecule has 0 heterocycles. The summed E-state index contributed by atoms with van der Waals surface area (Å²) in [6.07, 6.45) is 1.15. The molecular weight excluding hydrogens is 312 g/mol. The number of hydrazone groups is 1. The van der Waals surface area contributed by atoms with Crippen LogP contribution >= 0.6 is 0 Å². The Balaban J connectivity index is 2.12. The Kier molecular flexibility index (Phi) is 5.10. The van der Waals surface area contributed by atoms with Crippen LogP contribution in [0.3, 0.4) is 0 Å². The van der Waals surface area contributed by atoms with E-state index in [0.29, 0.717) is 5.56 Å². The predicted octanol–water partition coefficient (Wildman–Crippen LogP) is 2.13. The van der Waals surface area contributed by atoms with Gasteiger partial charge in [0.2, 0.25) is 5.75 Å². The van der Waals surface area contributed by atoms with E-state index < -0.39 is 22.3 Å². The van der Waals surface area contributed by atoms with Gasteiger partial charge >= 0.3 is 5.69 Å². The second kappa shape index (κ2) is 7.23. The van der Waals surface area contributed by atoms with Gasteiger partial charge in [0.1, 0.15) is 0 Å². The minimum absolute atomic E-state index is 0.131. The van der Waals surface area contributed by atoms with Crippen LogP contribution in [0.25, 0.3) is 0 Å². The zero-order valence-electron chi connectivity index (χ0n) is 13.1. The van der Waals surface area contributed by atoms with E-state index in [9.17, 15) is 20.0 Å². The van der Waals surface area contributed by atoms with E-state index >= 15 is 0 Å². The Labute approximate surface area is 138 Å². The van der Waals surface area contributed by atoms with Gasteiger partial charge in [-0.25, -0.2) is 5.43 Å². The normalized spacial score (nSPS) is 10.6. The van der Waals surface area contributed by atoms with Gasteiger partial charge in [-0.2, -0.15) is 5.10 Å². The van der Waals surface area contributed by atoms with Crippen molar-refractivity contribution in [3.05, 3.63) is 63.7 Å². The van der Waals surface area contributed by atoms with E-state index in [1.54, 1.807) is 18.2 Å². The molecule has 0 bridgehead atoms. The van der Waals surface area contributed by atoms with Crippen molar-refractivity contribution < 1.29 is 14.8 Å². The molecule has 8 nitrogen and oxygen atoms in total. The van der Waals surface area contributed by atoms with E-state index in [-0.39, 0.29) is 5.56 Å². The van der Waals surface area contributed by atoms with Crippen LogP contribution < -0.4 is 10.3 Å². The van der Waals surface area contributed by atoms with E-state index in [1.807, 2.05) is 25.1 Å². The Hall–Kier alpha value is -3.42. The average molecular weight is 328 g/mol. The molecule has 0 radical (unpaired) electrons. The number of phenolic OH excluding ortho intramolecular Hbond substituents is 1. The summed E-state index contributed by atoms with van der Waals surface area (Å²) < 4.78 is 0. The first kappa shape index (κ1) is 16.9. The Bertz CT molecular complexity index is 802. The highest BCUT2D eigenvalue weighted by atomic mass is 16.6. The third-order valence-corrected chi connectivity index (χ3v) is 3.24. The number of carbonyl (C=O) groups is 1. The summed E-state index contributed by atoms with van der Waals surface area (Å²) in [4.78, 5) is 24.0. The summed E-state index contributed by atoms with van der Waals surface area (Å²) in [6.45, 7) is 0. The number of phenols is 1. The molecular formula is C16H16N4O4. The molecule has 0 fully saturated rings. The molecule has 2 aromatic rings. The van der Waals surface area contributed by atoms with Gasteiger partial charge in [-0.1, -0.05) is 12.1 Å². The van der Waals surface area contributed by atoms with Crippen molar-refractivity contribution in [1.82, 2.24) is 5.43 Å². The molecule has 0 spiro atoms. The van der Waals surface area contributed by atoms with E-state index in [4.69, 9.17) is 0 Å². The molecule has 0 saturated heterocycles. The van der Waals surface area contributed by atoms with Crippen molar-refractivity contribution in [3.63, 3.8) is 0 Å². The fraction of sp³-hybridized carbons (Fsp3) is 0.125. The van der Waals surface area contributed by atoms with Gasteiger partial charge in [0.15, 0.2) is 0 Å². The third kappa shape index (κ3) is 3.86. The number of rotatable bonds is 5. The molecule has 2 aromatic carbocycles. The lowest BCUT2D eigenvalue weighted by atomic mass is 10.2. The lowest BCUT2D eigenvalue weighted by molar-refractivity contribution is -0.385. The second-order valence-electron chi connectivity index (χ2n) is 5.12. The molecule has 124 valence electrons. The van der Waals surface area contributed by atoms with Crippen molar-refractivity contribution in [3.8, 4) is 5.75 Å². The van der Waals surface area contributed by atoms with Crippen molar-refractivity contribution in [1.29, 1.82) is 0 Å². The van der Waals surface area contributed by atoms with Crippen LogP contribution in [0.1, 0.15) is 15.9 Å². The molecule has 0 aliphatic rings. The number of carbonyl (C=O) groups excluding carboxylic acids is 1. The highest BCUT2D eigenvalue weighted by Crippen LogP contribution is 2.27. The maximum absolute atomic E-state index is 12.1. The first-order valence-corrected chi connectivity index (χ1v) is 6.97. The van der Waals surface area contributed by atoms with E-state index in [1.165, 1.54) is 18.2 Å². The molecule has 0 aromatic heterocycles. The van der Waals surface area contributed by atoms with Gasteiger partial charge in [0.25, 0.3) is 5.91 Å². The summed E-state index contributed by atoms with van der Waals surface area (Å²) in [5, 5.41) is 24.3. The number of aromatic hydroxyl groups is 1. The predicted molar refractivity (Wildman–Crippen MR) is 90.6 cm³/mol. The first-order chi connectivity index (χ1) is 11.4. The first-order valence-electron chi connectivity index (χ1n) is 6.97. The number of nitrogens with one attached hydrogen (secondary N) is 1. The summed E-state index contributed by atoms with van der Waals surface area (Å²) in [5.41, 5.74) is 3.31. The van der Waals surface area contributed by atoms with Crippen LogP contribution in [0.15, 0.2) is 47.6 Å². The summed E-state index contributed by atoms with van der Waals surface area (Å²) in [5.74, 6) is -0.935. The molecule has 0 unspecified atom stereocenters. The molecule has 0 saturated carbocycles. The minimum atomic E-state index is -0.696. The Morgan fingerprint density at radius 3 is 2.67 bits per heavy atom. The van der Waals surface area contributed by atoms with Crippen molar-refractivity contribution in [2.75, 3.05) is 19.0 Å². The van der Waals surface area contributed by atoms with Gasteiger partial charge in [0.05, 0.1) is 11.1 Å². The number of hydrogen-bond acceptors (Lipinski definition) is 6. The maximum atomic E-state index is 12.1. The van der Waals surface area contributed by atoms with Crippen molar-refractivity contribution >= 4 is 23.5 Å². The van der Waals surface area contributed by atoms with Gasteiger partial charge in [0, 0.05) is 37.0 Å². The lowest BCUT2D eigenvalue weighted by Crippen LogP contribution is -2.18. The highest BCUT2D eigenvalue weighted by Gasteiger charge is 2.15. The van der Waals surface area contributed by atoms with Crippen LogP contribution in [-0.4, -0.2) is 36.2 Å². The minimum Gasteiger partial charge on any atom is -0.502 e. The number of nitro groups is 1. The molecule has 8 heteroatoms. The topological polar surface area (TPSA) is 108 Å². The summed E-state index contributed by atoms with van der Waals surface area (Å²) in [6, 6.07) is 11.0. The average Bonchev–Trinajstić information content (AvgIpc) is 2.56. The quantitative estimate of drug-likeness (QED) is 0.496. The zero-order valence-corrected chi connectivity index (χ0v) is 13.1. The summed E-state index contributed by atoms with van der Waals surface area (Å²) >= 11 is 0. The Morgan fingerprint density at radius 1 is 1.29 bits per heavy atom.